The van der Waals surface area contributed by atoms with Crippen LogP contribution in [0.4, 0.5) is 4.79 Å². The highest BCUT2D eigenvalue weighted by Gasteiger charge is 2.36. The molecule has 0 spiro atoms. The summed E-state index contributed by atoms with van der Waals surface area (Å²) in [6.07, 6.45) is 2.46. The van der Waals surface area contributed by atoms with E-state index in [9.17, 15) is 14.4 Å². The van der Waals surface area contributed by atoms with E-state index < -0.39 is 24.0 Å². The highest BCUT2D eigenvalue weighted by atomic mass is 32.1. The van der Waals surface area contributed by atoms with Crippen LogP contribution < -0.4 is 11.1 Å². The van der Waals surface area contributed by atoms with Crippen LogP contribution in [0.5, 0.6) is 0 Å². The lowest BCUT2D eigenvalue weighted by Gasteiger charge is -2.36. The van der Waals surface area contributed by atoms with Gasteiger partial charge in [-0.15, -0.1) is 11.3 Å². The quantitative estimate of drug-likeness (QED) is 0.488. The highest BCUT2D eigenvalue weighted by Crippen LogP contribution is 2.45. The Morgan fingerprint density at radius 3 is 2.57 bits per heavy atom. The van der Waals surface area contributed by atoms with Gasteiger partial charge in [-0.2, -0.15) is 0 Å². The predicted molar refractivity (Wildman–Crippen MR) is 138 cm³/mol. The summed E-state index contributed by atoms with van der Waals surface area (Å²) in [6.45, 7) is 8.02. The molecule has 4 rings (SSSR count). The molecule has 0 saturated heterocycles. The van der Waals surface area contributed by atoms with Gasteiger partial charge in [0.05, 0.1) is 16.8 Å². The van der Waals surface area contributed by atoms with Crippen molar-refractivity contribution in [3.05, 3.63) is 63.5 Å². The summed E-state index contributed by atoms with van der Waals surface area (Å²) >= 11 is 1.65. The number of nitrogens with one attached hydrogen (secondary N) is 1. The maximum absolute atomic E-state index is 13.5. The van der Waals surface area contributed by atoms with Gasteiger partial charge in [0, 0.05) is 10.3 Å². The monoisotopic (exact) mass is 491 g/mol. The van der Waals surface area contributed by atoms with Gasteiger partial charge in [0.25, 0.3) is 5.91 Å². The number of fused-ring (bicyclic) bond motifs is 2. The van der Waals surface area contributed by atoms with Crippen LogP contribution in [-0.2, 0) is 16.0 Å². The van der Waals surface area contributed by atoms with Crippen molar-refractivity contribution in [2.75, 3.05) is 0 Å². The fourth-order valence-electron chi connectivity index (χ4n) is 4.41. The Morgan fingerprint density at radius 1 is 1.17 bits per heavy atom. The van der Waals surface area contributed by atoms with Gasteiger partial charge < -0.3 is 10.5 Å². The summed E-state index contributed by atoms with van der Waals surface area (Å²) in [4.78, 5) is 42.9. The van der Waals surface area contributed by atoms with Gasteiger partial charge in [0.1, 0.15) is 0 Å². The molecule has 2 aromatic heterocycles. The van der Waals surface area contributed by atoms with Crippen molar-refractivity contribution in [3.63, 3.8) is 0 Å². The number of aromatic nitrogens is 1. The third kappa shape index (κ3) is 5.27. The van der Waals surface area contributed by atoms with E-state index in [-0.39, 0.29) is 11.3 Å². The SMILES string of the molecule is C[C@H](OC(=O)c1c2c(nc3ccccc13)/C(=C\c1cccs1)C[C@@H](C(C)(C)C)C2)C(=O)NC(N)=O. The molecule has 3 aromatic rings. The molecular formula is C27H29N3O4S. The molecule has 0 aliphatic heterocycles. The van der Waals surface area contributed by atoms with Gasteiger partial charge in [0.2, 0.25) is 0 Å². The molecule has 3 amide bonds. The maximum atomic E-state index is 13.5. The van der Waals surface area contributed by atoms with Crippen molar-refractivity contribution in [2.45, 2.75) is 46.6 Å². The zero-order valence-corrected chi connectivity index (χ0v) is 21.1. The lowest BCUT2D eigenvalue weighted by molar-refractivity contribution is -0.127. The lowest BCUT2D eigenvalue weighted by atomic mass is 9.69. The molecule has 1 aliphatic rings. The molecule has 3 N–H and O–H groups in total. The Morgan fingerprint density at radius 2 is 1.91 bits per heavy atom. The number of esters is 1. The molecule has 0 bridgehead atoms. The second-order valence-electron chi connectivity index (χ2n) is 9.89. The summed E-state index contributed by atoms with van der Waals surface area (Å²) in [5.41, 5.74) is 8.82. The Balaban J connectivity index is 1.87. The summed E-state index contributed by atoms with van der Waals surface area (Å²) in [5.74, 6) is -1.13. The molecule has 8 heteroatoms. The number of benzene rings is 1. The number of para-hydroxylation sites is 1. The molecule has 2 heterocycles. The summed E-state index contributed by atoms with van der Waals surface area (Å²) in [5, 5.41) is 4.66. The molecule has 1 aromatic carbocycles. The molecular weight excluding hydrogens is 462 g/mol. The van der Waals surface area contributed by atoms with Gasteiger partial charge in [-0.05, 0) is 65.8 Å². The highest BCUT2D eigenvalue weighted by molar-refractivity contribution is 7.10. The normalized spacial score (nSPS) is 17.6. The second-order valence-corrected chi connectivity index (χ2v) is 10.9. The predicted octanol–water partition coefficient (Wildman–Crippen LogP) is 5.19. The van der Waals surface area contributed by atoms with Crippen LogP contribution in [-0.4, -0.2) is 29.0 Å². The first-order valence-electron chi connectivity index (χ1n) is 11.5. The number of hydrogen-bond acceptors (Lipinski definition) is 6. The number of rotatable bonds is 4. The molecule has 182 valence electrons. The van der Waals surface area contributed by atoms with Gasteiger partial charge in [0.15, 0.2) is 6.10 Å². The van der Waals surface area contributed by atoms with Gasteiger partial charge in [-0.3, -0.25) is 10.1 Å². The Hall–Kier alpha value is -3.52. The van der Waals surface area contributed by atoms with E-state index in [2.05, 4.69) is 32.9 Å². The minimum atomic E-state index is -1.19. The third-order valence-electron chi connectivity index (χ3n) is 6.40. The number of primary amides is 1. The average molecular weight is 492 g/mol. The molecule has 1 aliphatic carbocycles. The number of nitrogens with zero attached hydrogens (tertiary/aromatic N) is 1. The first-order chi connectivity index (χ1) is 16.5. The minimum Gasteiger partial charge on any atom is -0.449 e. The van der Waals surface area contributed by atoms with Crippen molar-refractivity contribution in [2.24, 2.45) is 17.1 Å². The molecule has 0 radical (unpaired) electrons. The molecule has 0 unspecified atom stereocenters. The Kier molecular flexibility index (Phi) is 6.76. The number of ether oxygens (including phenoxy) is 1. The van der Waals surface area contributed by atoms with E-state index in [1.807, 2.05) is 41.0 Å². The summed E-state index contributed by atoms with van der Waals surface area (Å²) in [7, 11) is 0. The van der Waals surface area contributed by atoms with Crippen molar-refractivity contribution in [1.29, 1.82) is 0 Å². The van der Waals surface area contributed by atoms with E-state index in [0.29, 0.717) is 22.9 Å². The standard InChI is InChI=1S/C27H29N3O4S/c1-15(24(31)30-26(28)33)34-25(32)22-19-9-5-6-10-21(19)29-23-16(13-18-8-7-11-35-18)12-17(14-20(22)23)27(2,3)4/h5-11,13,15,17H,12,14H2,1-4H3,(H3,28,30,31,33)/b16-13-/t15-,17+/m0/s1. The van der Waals surface area contributed by atoms with Crippen molar-refractivity contribution >= 4 is 51.8 Å². The number of hydrogen-bond donors (Lipinski definition) is 2. The van der Waals surface area contributed by atoms with Crippen molar-refractivity contribution < 1.29 is 19.1 Å². The van der Waals surface area contributed by atoms with E-state index in [0.717, 1.165) is 28.1 Å². The van der Waals surface area contributed by atoms with Crippen molar-refractivity contribution in [3.8, 4) is 0 Å². The number of pyridine rings is 1. The number of carbonyl (C=O) groups is 3. The number of allylic oxidation sites excluding steroid dienone is 1. The number of thiophene rings is 1. The zero-order chi connectivity index (χ0) is 25.3. The number of urea groups is 1. The van der Waals surface area contributed by atoms with E-state index >= 15 is 0 Å². The fraction of sp³-hybridized carbons (Fsp3) is 0.333. The second kappa shape index (κ2) is 9.62. The molecule has 0 saturated carbocycles. The molecule has 7 nitrogen and oxygen atoms in total. The van der Waals surface area contributed by atoms with E-state index in [1.54, 1.807) is 11.3 Å². The Bertz CT molecular complexity index is 1320. The van der Waals surface area contributed by atoms with Crippen LogP contribution in [0, 0.1) is 11.3 Å². The van der Waals surface area contributed by atoms with Gasteiger partial charge >= 0.3 is 12.0 Å². The zero-order valence-electron chi connectivity index (χ0n) is 20.3. The maximum Gasteiger partial charge on any atom is 0.339 e. The van der Waals surface area contributed by atoms with Crippen molar-refractivity contribution in [1.82, 2.24) is 10.3 Å². The van der Waals surface area contributed by atoms with Gasteiger partial charge in [-0.1, -0.05) is 45.0 Å². The fourth-order valence-corrected chi connectivity index (χ4v) is 5.09. The van der Waals surface area contributed by atoms with Crippen LogP contribution >= 0.6 is 11.3 Å². The molecule has 2 atom stereocenters. The van der Waals surface area contributed by atoms with Crippen LogP contribution in [0.15, 0.2) is 41.8 Å². The first kappa shape index (κ1) is 24.6. The largest absolute Gasteiger partial charge is 0.449 e. The van der Waals surface area contributed by atoms with E-state index in [1.165, 1.54) is 6.92 Å². The van der Waals surface area contributed by atoms with Crippen LogP contribution in [0.3, 0.4) is 0 Å². The summed E-state index contributed by atoms with van der Waals surface area (Å²) in [6, 6.07) is 10.5. The minimum absolute atomic E-state index is 0.00624. The summed E-state index contributed by atoms with van der Waals surface area (Å²) < 4.78 is 5.53. The number of amides is 3. The van der Waals surface area contributed by atoms with Crippen LogP contribution in [0.25, 0.3) is 22.6 Å². The number of carbonyl (C=O) groups excluding carboxylic acids is 3. The number of nitrogens with two attached hydrogens (primary N) is 1. The Labute approximate surface area is 208 Å². The third-order valence-corrected chi connectivity index (χ3v) is 7.22. The first-order valence-corrected chi connectivity index (χ1v) is 12.4. The number of imide groups is 1. The average Bonchev–Trinajstić information content (AvgIpc) is 3.29. The molecule has 0 fully saturated rings. The van der Waals surface area contributed by atoms with E-state index in [4.69, 9.17) is 15.5 Å². The topological polar surface area (TPSA) is 111 Å². The van der Waals surface area contributed by atoms with Crippen LogP contribution in [0.1, 0.15) is 60.6 Å². The lowest BCUT2D eigenvalue weighted by Crippen LogP contribution is -2.42. The van der Waals surface area contributed by atoms with Gasteiger partial charge in [-0.25, -0.2) is 14.6 Å². The molecule has 35 heavy (non-hydrogen) atoms. The smallest absolute Gasteiger partial charge is 0.339 e. The van der Waals surface area contributed by atoms with Crippen LogP contribution in [0.2, 0.25) is 0 Å².